The number of nitrogens with one attached hydrogen (secondary N) is 1. The van der Waals surface area contributed by atoms with Crippen molar-refractivity contribution >= 4 is 40.9 Å². The number of hydrogen-bond acceptors (Lipinski definition) is 1. The van der Waals surface area contributed by atoms with E-state index >= 15 is 0 Å². The Hall–Kier alpha value is -1.51. The van der Waals surface area contributed by atoms with E-state index in [1.807, 2.05) is 6.07 Å². The molecule has 0 saturated heterocycles. The van der Waals surface area contributed by atoms with Crippen molar-refractivity contribution in [1.82, 2.24) is 0 Å². The molecule has 0 aliphatic heterocycles. The largest absolute Gasteiger partial charge is 0.344 e. The van der Waals surface area contributed by atoms with E-state index in [1.54, 1.807) is 18.5 Å². The number of para-hydroxylation sites is 2. The lowest BCUT2D eigenvalue weighted by molar-refractivity contribution is 0.835. The van der Waals surface area contributed by atoms with E-state index in [1.165, 1.54) is 11.1 Å². The number of benzene rings is 2. The minimum atomic E-state index is 0.407. The fourth-order valence-corrected chi connectivity index (χ4v) is 2.96. The summed E-state index contributed by atoms with van der Waals surface area (Å²) in [5.41, 5.74) is 4.17. The Kier molecular flexibility index (Phi) is 6.09. The average molecular weight is 349 g/mol. The summed E-state index contributed by atoms with van der Waals surface area (Å²) in [7, 11) is 0. The molecule has 4 heteroatoms. The molecular weight excluding hydrogens is 327 g/mol. The zero-order valence-corrected chi connectivity index (χ0v) is 15.4. The zero-order chi connectivity index (χ0) is 17.0. The molecule has 0 aliphatic rings. The van der Waals surface area contributed by atoms with E-state index in [2.05, 4.69) is 56.2 Å². The van der Waals surface area contributed by atoms with Crippen LogP contribution < -0.4 is 5.32 Å². The molecule has 0 radical (unpaired) electrons. The summed E-state index contributed by atoms with van der Waals surface area (Å²) in [5.74, 6) is 0.814. The normalized spacial score (nSPS) is 11.7. The van der Waals surface area contributed by atoms with Crippen LogP contribution in [0.1, 0.15) is 50.7 Å². The Morgan fingerprint density at radius 1 is 0.870 bits per heavy atom. The quantitative estimate of drug-likeness (QED) is 0.455. The van der Waals surface area contributed by atoms with Crippen LogP contribution in [0.15, 0.2) is 41.4 Å². The number of rotatable bonds is 5. The van der Waals surface area contributed by atoms with E-state index in [0.29, 0.717) is 27.6 Å². The molecule has 0 aliphatic carbocycles. The van der Waals surface area contributed by atoms with E-state index in [-0.39, 0.29) is 0 Å². The highest BCUT2D eigenvalue weighted by Crippen LogP contribution is 2.35. The van der Waals surface area contributed by atoms with Gasteiger partial charge in [-0.05, 0) is 35.1 Å². The molecule has 0 saturated carbocycles. The SMILES string of the molecule is CC(C)c1cccc(C(C)C)c1N=CNc1c(Cl)cccc1Cl. The van der Waals surface area contributed by atoms with Gasteiger partial charge in [0.05, 0.1) is 27.8 Å². The summed E-state index contributed by atoms with van der Waals surface area (Å²) in [6.45, 7) is 8.71. The van der Waals surface area contributed by atoms with Crippen LogP contribution in [0.5, 0.6) is 0 Å². The first-order chi connectivity index (χ1) is 10.9. The fraction of sp³-hybridized carbons (Fsp3) is 0.316. The predicted octanol–water partition coefficient (Wildman–Crippen LogP) is 7.01. The fourth-order valence-electron chi connectivity index (χ4n) is 2.46. The summed E-state index contributed by atoms with van der Waals surface area (Å²) in [6.07, 6.45) is 1.67. The Balaban J connectivity index is 2.35. The van der Waals surface area contributed by atoms with Gasteiger partial charge in [-0.1, -0.05) is 75.2 Å². The lowest BCUT2D eigenvalue weighted by Gasteiger charge is -2.16. The Labute approximate surface area is 148 Å². The van der Waals surface area contributed by atoms with Gasteiger partial charge in [0.15, 0.2) is 0 Å². The Morgan fingerprint density at radius 2 is 1.35 bits per heavy atom. The van der Waals surface area contributed by atoms with Crippen LogP contribution in [0, 0.1) is 0 Å². The maximum Gasteiger partial charge on any atom is 0.0931 e. The molecule has 0 atom stereocenters. The highest BCUT2D eigenvalue weighted by molar-refractivity contribution is 6.39. The summed E-state index contributed by atoms with van der Waals surface area (Å²) in [5, 5.41) is 4.25. The third-order valence-corrected chi connectivity index (χ3v) is 4.34. The Bertz CT molecular complexity index is 660. The smallest absolute Gasteiger partial charge is 0.0931 e. The minimum Gasteiger partial charge on any atom is -0.344 e. The van der Waals surface area contributed by atoms with Gasteiger partial charge in [0, 0.05) is 0 Å². The molecule has 23 heavy (non-hydrogen) atoms. The van der Waals surface area contributed by atoms with Crippen LogP contribution >= 0.6 is 23.2 Å². The van der Waals surface area contributed by atoms with Gasteiger partial charge < -0.3 is 5.32 Å². The molecule has 0 fully saturated rings. The summed E-state index contributed by atoms with van der Waals surface area (Å²) in [4.78, 5) is 4.67. The second kappa shape index (κ2) is 7.85. The zero-order valence-electron chi connectivity index (χ0n) is 13.9. The predicted molar refractivity (Wildman–Crippen MR) is 103 cm³/mol. The second-order valence-corrected chi connectivity index (χ2v) is 6.91. The molecule has 0 spiro atoms. The first-order valence-corrected chi connectivity index (χ1v) is 8.53. The van der Waals surface area contributed by atoms with Crippen molar-refractivity contribution < 1.29 is 0 Å². The highest BCUT2D eigenvalue weighted by Gasteiger charge is 2.12. The molecule has 1 N–H and O–H groups in total. The van der Waals surface area contributed by atoms with Crippen LogP contribution in [0.3, 0.4) is 0 Å². The van der Waals surface area contributed by atoms with Crippen molar-refractivity contribution in [2.45, 2.75) is 39.5 Å². The van der Waals surface area contributed by atoms with Gasteiger partial charge in [0.2, 0.25) is 0 Å². The molecule has 2 nitrogen and oxygen atoms in total. The maximum atomic E-state index is 6.17. The second-order valence-electron chi connectivity index (χ2n) is 6.09. The van der Waals surface area contributed by atoms with Gasteiger partial charge >= 0.3 is 0 Å². The number of aliphatic imine (C=N–C) groups is 1. The van der Waals surface area contributed by atoms with Gasteiger partial charge in [-0.3, -0.25) is 0 Å². The van der Waals surface area contributed by atoms with Crippen molar-refractivity contribution in [3.05, 3.63) is 57.6 Å². The van der Waals surface area contributed by atoms with Crippen molar-refractivity contribution in [3.63, 3.8) is 0 Å². The molecular formula is C19H22Cl2N2. The summed E-state index contributed by atoms with van der Waals surface area (Å²) in [6, 6.07) is 11.8. The molecule has 2 aromatic rings. The van der Waals surface area contributed by atoms with Crippen LogP contribution in [0.25, 0.3) is 0 Å². The third-order valence-electron chi connectivity index (χ3n) is 3.71. The first-order valence-electron chi connectivity index (χ1n) is 7.77. The van der Waals surface area contributed by atoms with E-state index in [0.717, 1.165) is 5.69 Å². The molecule has 0 heterocycles. The van der Waals surface area contributed by atoms with Gasteiger partial charge in [-0.15, -0.1) is 0 Å². The van der Waals surface area contributed by atoms with Crippen molar-refractivity contribution in [2.75, 3.05) is 5.32 Å². The maximum absolute atomic E-state index is 6.17. The van der Waals surface area contributed by atoms with Gasteiger partial charge in [-0.25, -0.2) is 4.99 Å². The van der Waals surface area contributed by atoms with Crippen LogP contribution in [0.4, 0.5) is 11.4 Å². The topological polar surface area (TPSA) is 24.4 Å². The molecule has 0 bridgehead atoms. The standard InChI is InChI=1S/C19H22Cl2N2/c1-12(2)14-7-5-8-15(13(3)4)18(14)22-11-23-19-16(20)9-6-10-17(19)21/h5-13H,1-4H3,(H,22,23). The van der Waals surface area contributed by atoms with Crippen molar-refractivity contribution in [2.24, 2.45) is 4.99 Å². The first kappa shape index (κ1) is 17.8. The average Bonchev–Trinajstić information content (AvgIpc) is 2.49. The molecule has 0 aromatic heterocycles. The highest BCUT2D eigenvalue weighted by atomic mass is 35.5. The van der Waals surface area contributed by atoms with E-state index in [9.17, 15) is 0 Å². The van der Waals surface area contributed by atoms with E-state index in [4.69, 9.17) is 23.2 Å². The number of halogens is 2. The molecule has 122 valence electrons. The Morgan fingerprint density at radius 3 is 1.83 bits per heavy atom. The van der Waals surface area contributed by atoms with Gasteiger partial charge in [0.25, 0.3) is 0 Å². The number of hydrogen-bond donors (Lipinski definition) is 1. The molecule has 2 rings (SSSR count). The van der Waals surface area contributed by atoms with E-state index < -0.39 is 0 Å². The molecule has 0 unspecified atom stereocenters. The van der Waals surface area contributed by atoms with Gasteiger partial charge in [-0.2, -0.15) is 0 Å². The minimum absolute atomic E-state index is 0.407. The van der Waals surface area contributed by atoms with Crippen molar-refractivity contribution in [1.29, 1.82) is 0 Å². The summed E-state index contributed by atoms with van der Waals surface area (Å²) < 4.78 is 0. The lowest BCUT2D eigenvalue weighted by Crippen LogP contribution is -1.99. The number of nitrogens with zero attached hydrogens (tertiary/aromatic N) is 1. The van der Waals surface area contributed by atoms with Crippen LogP contribution in [-0.4, -0.2) is 6.34 Å². The van der Waals surface area contributed by atoms with Gasteiger partial charge in [0.1, 0.15) is 0 Å². The number of anilines is 1. The van der Waals surface area contributed by atoms with Crippen LogP contribution in [-0.2, 0) is 0 Å². The summed E-state index contributed by atoms with van der Waals surface area (Å²) >= 11 is 12.3. The third kappa shape index (κ3) is 4.27. The van der Waals surface area contributed by atoms with Crippen molar-refractivity contribution in [3.8, 4) is 0 Å². The molecule has 2 aromatic carbocycles. The molecule has 0 amide bonds. The lowest BCUT2D eigenvalue weighted by atomic mass is 9.93. The monoisotopic (exact) mass is 348 g/mol. The van der Waals surface area contributed by atoms with Crippen LogP contribution in [0.2, 0.25) is 10.0 Å².